The van der Waals surface area contributed by atoms with Crippen LogP contribution in [0, 0.1) is 13.8 Å². The van der Waals surface area contributed by atoms with E-state index in [1.165, 1.54) is 12.5 Å². The number of anilines is 2. The van der Waals surface area contributed by atoms with Crippen molar-refractivity contribution in [3.63, 3.8) is 0 Å². The Kier molecular flexibility index (Phi) is 5.73. The van der Waals surface area contributed by atoms with Crippen LogP contribution < -0.4 is 10.6 Å². The molecule has 2 N–H and O–H groups in total. The van der Waals surface area contributed by atoms with Gasteiger partial charge < -0.3 is 10.6 Å². The SMILES string of the molecule is CCc1ccc(-n2nc(C)c3c(C(=O)Nc4ccc(NC(C)=O)cc4)cc(C)nc32)cc1. The van der Waals surface area contributed by atoms with Gasteiger partial charge in [-0.3, -0.25) is 9.59 Å². The van der Waals surface area contributed by atoms with Gasteiger partial charge in [0.15, 0.2) is 5.65 Å². The second kappa shape index (κ2) is 8.63. The highest BCUT2D eigenvalue weighted by Gasteiger charge is 2.19. The first kappa shape index (κ1) is 21.2. The average molecular weight is 428 g/mol. The van der Waals surface area contributed by atoms with Crippen LogP contribution in [0.2, 0.25) is 0 Å². The topological polar surface area (TPSA) is 88.9 Å². The lowest BCUT2D eigenvalue weighted by molar-refractivity contribution is -0.114. The summed E-state index contributed by atoms with van der Waals surface area (Å²) in [5.41, 5.74) is 6.09. The number of aryl methyl sites for hydroxylation is 3. The number of carbonyl (C=O) groups excluding carboxylic acids is 2. The molecule has 4 rings (SSSR count). The van der Waals surface area contributed by atoms with Crippen LogP contribution in [-0.2, 0) is 11.2 Å². The number of fused-ring (bicyclic) bond motifs is 1. The van der Waals surface area contributed by atoms with Gasteiger partial charge in [-0.2, -0.15) is 5.10 Å². The summed E-state index contributed by atoms with van der Waals surface area (Å²) in [4.78, 5) is 29.1. The number of amides is 2. The third kappa shape index (κ3) is 4.23. The molecule has 0 saturated heterocycles. The fourth-order valence-corrected chi connectivity index (χ4v) is 3.68. The summed E-state index contributed by atoms with van der Waals surface area (Å²) in [6, 6.07) is 17.0. The van der Waals surface area contributed by atoms with Crippen molar-refractivity contribution in [1.29, 1.82) is 0 Å². The zero-order valence-corrected chi connectivity index (χ0v) is 18.6. The normalized spacial score (nSPS) is 10.9. The number of carbonyl (C=O) groups is 2. The number of aromatic nitrogens is 3. The smallest absolute Gasteiger partial charge is 0.256 e. The second-order valence-electron chi connectivity index (χ2n) is 7.74. The van der Waals surface area contributed by atoms with Crippen LogP contribution in [0.5, 0.6) is 0 Å². The van der Waals surface area contributed by atoms with Crippen LogP contribution >= 0.6 is 0 Å². The third-order valence-electron chi connectivity index (χ3n) is 5.24. The van der Waals surface area contributed by atoms with Crippen molar-refractivity contribution in [2.75, 3.05) is 10.6 Å². The monoisotopic (exact) mass is 427 g/mol. The molecule has 0 fully saturated rings. The molecule has 4 aromatic rings. The van der Waals surface area contributed by atoms with Crippen molar-refractivity contribution >= 4 is 34.2 Å². The number of hydrogen-bond donors (Lipinski definition) is 2. The van der Waals surface area contributed by atoms with Crippen molar-refractivity contribution in [3.05, 3.63) is 77.1 Å². The van der Waals surface area contributed by atoms with E-state index in [1.807, 2.05) is 26.0 Å². The molecule has 0 aliphatic rings. The summed E-state index contributed by atoms with van der Waals surface area (Å²) < 4.78 is 1.79. The Labute approximate surface area is 186 Å². The van der Waals surface area contributed by atoms with E-state index in [0.717, 1.165) is 28.9 Å². The van der Waals surface area contributed by atoms with Crippen LogP contribution in [0.1, 0.15) is 41.2 Å². The molecule has 0 aliphatic heterocycles. The molecule has 0 bridgehead atoms. The van der Waals surface area contributed by atoms with Gasteiger partial charge in [0.05, 0.1) is 22.3 Å². The summed E-state index contributed by atoms with van der Waals surface area (Å²) in [7, 11) is 0. The Balaban J connectivity index is 1.70. The number of nitrogens with zero attached hydrogens (tertiary/aromatic N) is 3. The van der Waals surface area contributed by atoms with Gasteiger partial charge in [-0.25, -0.2) is 9.67 Å². The van der Waals surface area contributed by atoms with Gasteiger partial charge in [0.2, 0.25) is 5.91 Å². The van der Waals surface area contributed by atoms with E-state index in [-0.39, 0.29) is 11.8 Å². The van der Waals surface area contributed by atoms with Gasteiger partial charge in [0.25, 0.3) is 5.91 Å². The van der Waals surface area contributed by atoms with Gasteiger partial charge in [-0.15, -0.1) is 0 Å². The highest BCUT2D eigenvalue weighted by molar-refractivity contribution is 6.12. The minimum Gasteiger partial charge on any atom is -0.326 e. The van der Waals surface area contributed by atoms with Crippen LogP contribution in [0.4, 0.5) is 11.4 Å². The first-order valence-electron chi connectivity index (χ1n) is 10.5. The zero-order chi connectivity index (χ0) is 22.8. The number of nitrogens with one attached hydrogen (secondary N) is 2. The largest absolute Gasteiger partial charge is 0.326 e. The number of pyridine rings is 1. The van der Waals surface area contributed by atoms with Gasteiger partial charge in [-0.05, 0) is 68.3 Å². The van der Waals surface area contributed by atoms with Crippen LogP contribution in [-0.4, -0.2) is 26.6 Å². The Morgan fingerprint density at radius 3 is 2.16 bits per heavy atom. The maximum absolute atomic E-state index is 13.2. The fourth-order valence-electron chi connectivity index (χ4n) is 3.68. The third-order valence-corrected chi connectivity index (χ3v) is 5.24. The van der Waals surface area contributed by atoms with Crippen molar-refractivity contribution in [1.82, 2.24) is 14.8 Å². The van der Waals surface area contributed by atoms with Crippen molar-refractivity contribution < 1.29 is 9.59 Å². The lowest BCUT2D eigenvalue weighted by atomic mass is 10.1. The van der Waals surface area contributed by atoms with Gasteiger partial charge in [-0.1, -0.05) is 19.1 Å². The maximum atomic E-state index is 13.2. The molecule has 162 valence electrons. The first-order chi connectivity index (χ1) is 15.4. The van der Waals surface area contributed by atoms with Crippen molar-refractivity contribution in [2.45, 2.75) is 34.1 Å². The Bertz CT molecular complexity index is 1310. The summed E-state index contributed by atoms with van der Waals surface area (Å²) in [6.45, 7) is 7.32. The highest BCUT2D eigenvalue weighted by Crippen LogP contribution is 2.26. The lowest BCUT2D eigenvalue weighted by Crippen LogP contribution is -2.13. The molecule has 2 aromatic carbocycles. The lowest BCUT2D eigenvalue weighted by Gasteiger charge is -2.09. The zero-order valence-electron chi connectivity index (χ0n) is 18.6. The minimum absolute atomic E-state index is 0.145. The predicted molar refractivity (Wildman–Crippen MR) is 126 cm³/mol. The van der Waals surface area contributed by atoms with Crippen molar-refractivity contribution in [2.24, 2.45) is 0 Å². The molecule has 32 heavy (non-hydrogen) atoms. The predicted octanol–water partition coefficient (Wildman–Crippen LogP) is 4.81. The molecule has 0 spiro atoms. The fraction of sp³-hybridized carbons (Fsp3) is 0.200. The molecule has 0 atom stereocenters. The van der Waals surface area contributed by atoms with E-state index in [4.69, 9.17) is 0 Å². The van der Waals surface area contributed by atoms with Gasteiger partial charge in [0, 0.05) is 24.0 Å². The molecule has 0 aliphatic carbocycles. The Hall–Kier alpha value is -4.00. The van der Waals surface area contributed by atoms with E-state index < -0.39 is 0 Å². The van der Waals surface area contributed by atoms with E-state index in [0.29, 0.717) is 22.6 Å². The highest BCUT2D eigenvalue weighted by atomic mass is 16.2. The summed E-state index contributed by atoms with van der Waals surface area (Å²) >= 11 is 0. The van der Waals surface area contributed by atoms with Crippen LogP contribution in [0.25, 0.3) is 16.7 Å². The summed E-state index contributed by atoms with van der Waals surface area (Å²) in [5, 5.41) is 11.0. The van der Waals surface area contributed by atoms with E-state index >= 15 is 0 Å². The van der Waals surface area contributed by atoms with Crippen molar-refractivity contribution in [3.8, 4) is 5.69 Å². The first-order valence-corrected chi connectivity index (χ1v) is 10.5. The Morgan fingerprint density at radius 2 is 1.56 bits per heavy atom. The molecule has 7 nitrogen and oxygen atoms in total. The van der Waals surface area contributed by atoms with E-state index in [2.05, 4.69) is 39.8 Å². The molecule has 2 aromatic heterocycles. The molecule has 0 radical (unpaired) electrons. The molecule has 0 unspecified atom stereocenters. The number of benzene rings is 2. The maximum Gasteiger partial charge on any atom is 0.256 e. The average Bonchev–Trinajstić information content (AvgIpc) is 3.10. The molecule has 7 heteroatoms. The summed E-state index contributed by atoms with van der Waals surface area (Å²) in [5.74, 6) is -0.384. The molecule has 2 heterocycles. The quantitative estimate of drug-likeness (QED) is 0.478. The van der Waals surface area contributed by atoms with Gasteiger partial charge >= 0.3 is 0 Å². The molecule has 0 saturated carbocycles. The molecular formula is C25H25N5O2. The summed E-state index contributed by atoms with van der Waals surface area (Å²) in [6.07, 6.45) is 0.965. The van der Waals surface area contributed by atoms with Crippen LogP contribution in [0.15, 0.2) is 54.6 Å². The Morgan fingerprint density at radius 1 is 0.938 bits per heavy atom. The number of hydrogen-bond acceptors (Lipinski definition) is 4. The molecular weight excluding hydrogens is 402 g/mol. The van der Waals surface area contributed by atoms with E-state index in [9.17, 15) is 9.59 Å². The molecule has 2 amide bonds. The number of rotatable bonds is 5. The van der Waals surface area contributed by atoms with Gasteiger partial charge in [0.1, 0.15) is 0 Å². The minimum atomic E-state index is -0.239. The second-order valence-corrected chi connectivity index (χ2v) is 7.74. The van der Waals surface area contributed by atoms with Crippen LogP contribution in [0.3, 0.4) is 0 Å². The standard InChI is InChI=1S/C25H25N5O2/c1-5-18-6-12-21(13-7-18)30-24-23(16(3)29-30)22(14-15(2)26-24)25(32)28-20-10-8-19(9-11-20)27-17(4)31/h6-14H,5H2,1-4H3,(H,27,31)(H,28,32). The van der Waals surface area contributed by atoms with E-state index in [1.54, 1.807) is 35.0 Å².